The van der Waals surface area contributed by atoms with E-state index in [1.54, 1.807) is 18.3 Å². The third-order valence-corrected chi connectivity index (χ3v) is 6.94. The number of rotatable bonds is 4. The van der Waals surface area contributed by atoms with Crippen molar-refractivity contribution in [3.63, 3.8) is 0 Å². The number of phenols is 1. The quantitative estimate of drug-likeness (QED) is 0.598. The van der Waals surface area contributed by atoms with E-state index in [0.717, 1.165) is 41.5 Å². The molecule has 1 unspecified atom stereocenters. The van der Waals surface area contributed by atoms with Crippen LogP contribution in [-0.2, 0) is 9.53 Å². The van der Waals surface area contributed by atoms with E-state index in [9.17, 15) is 9.90 Å². The maximum atomic E-state index is 12.6. The van der Waals surface area contributed by atoms with Gasteiger partial charge in [-0.25, -0.2) is 4.79 Å². The highest BCUT2D eigenvalue weighted by Gasteiger charge is 2.56. The van der Waals surface area contributed by atoms with Gasteiger partial charge < -0.3 is 9.84 Å². The monoisotopic (exact) mass is 405 g/mol. The average Bonchev–Trinajstić information content (AvgIpc) is 2.55. The molecule has 1 aromatic carbocycles. The number of benzene rings is 1. The average molecular weight is 406 g/mol. The number of phenolic OH excluding ortho intramolecular Hbond substituents is 1. The van der Waals surface area contributed by atoms with Gasteiger partial charge in [0.2, 0.25) is 0 Å². The van der Waals surface area contributed by atoms with Gasteiger partial charge in [-0.2, -0.15) is 0 Å². The van der Waals surface area contributed by atoms with Crippen LogP contribution in [0.15, 0.2) is 27.7 Å². The van der Waals surface area contributed by atoms with Gasteiger partial charge in [0.05, 0.1) is 7.11 Å². The van der Waals surface area contributed by atoms with Crippen LogP contribution < -0.4 is 0 Å². The molecule has 0 radical (unpaired) electrons. The first kappa shape index (κ1) is 17.1. The van der Waals surface area contributed by atoms with Gasteiger partial charge in [0.15, 0.2) is 6.04 Å². The van der Waals surface area contributed by atoms with E-state index in [2.05, 4.69) is 20.9 Å². The number of methoxy groups -OCH3 is 1. The van der Waals surface area contributed by atoms with Crippen LogP contribution in [0.5, 0.6) is 5.75 Å². The normalized spacial score (nSPS) is 34.4. The van der Waals surface area contributed by atoms with Crippen molar-refractivity contribution in [1.29, 1.82) is 0 Å². The first-order valence-electron chi connectivity index (χ1n) is 9.08. The summed E-state index contributed by atoms with van der Waals surface area (Å²) < 4.78 is 5.93. The number of aromatic hydroxyl groups is 1. The van der Waals surface area contributed by atoms with Gasteiger partial charge >= 0.3 is 5.97 Å². The molecule has 1 atom stereocenters. The standard InChI is InChI=1S/C20H24BrNO3/c1-25-19(24)18(22-11-15-2-3-16(21)7-17(15)23)20-8-12-4-13(9-20)6-14(5-12)10-20/h2-3,7,11-14,18,23H,4-6,8-10H2,1H3. The first-order valence-corrected chi connectivity index (χ1v) is 9.88. The summed E-state index contributed by atoms with van der Waals surface area (Å²) in [6.45, 7) is 0. The van der Waals surface area contributed by atoms with Crippen LogP contribution in [0, 0.1) is 23.2 Å². The summed E-state index contributed by atoms with van der Waals surface area (Å²) in [6.07, 6.45) is 8.87. The van der Waals surface area contributed by atoms with Crippen LogP contribution in [-0.4, -0.2) is 30.4 Å². The predicted molar refractivity (Wildman–Crippen MR) is 99.8 cm³/mol. The lowest BCUT2D eigenvalue weighted by molar-refractivity contribution is -0.152. The Hall–Kier alpha value is -1.36. The Labute approximate surface area is 156 Å². The number of nitrogens with zero attached hydrogens (tertiary/aromatic N) is 1. The summed E-state index contributed by atoms with van der Waals surface area (Å²) in [5.74, 6) is 2.15. The van der Waals surface area contributed by atoms with Crippen LogP contribution in [0.4, 0.5) is 0 Å². The van der Waals surface area contributed by atoms with Gasteiger partial charge in [-0.15, -0.1) is 0 Å². The zero-order valence-electron chi connectivity index (χ0n) is 14.5. The number of hydrogen-bond acceptors (Lipinski definition) is 4. The van der Waals surface area contributed by atoms with Crippen molar-refractivity contribution in [3.05, 3.63) is 28.2 Å². The third-order valence-electron chi connectivity index (χ3n) is 6.45. The summed E-state index contributed by atoms with van der Waals surface area (Å²) >= 11 is 3.34. The van der Waals surface area contributed by atoms with Crippen molar-refractivity contribution in [2.45, 2.75) is 44.6 Å². The SMILES string of the molecule is COC(=O)C(N=Cc1ccc(Br)cc1O)C12CC3CC(CC(C3)C1)C2. The van der Waals surface area contributed by atoms with Gasteiger partial charge in [0, 0.05) is 21.7 Å². The Morgan fingerprint density at radius 3 is 2.40 bits per heavy atom. The molecule has 4 aliphatic carbocycles. The fourth-order valence-corrected chi connectivity index (χ4v) is 6.22. The maximum absolute atomic E-state index is 12.6. The highest BCUT2D eigenvalue weighted by Crippen LogP contribution is 2.61. The molecule has 4 nitrogen and oxygen atoms in total. The van der Waals surface area contributed by atoms with Crippen LogP contribution in [0.3, 0.4) is 0 Å². The minimum absolute atomic E-state index is 0.0523. The topological polar surface area (TPSA) is 58.9 Å². The molecule has 5 heteroatoms. The Kier molecular flexibility index (Phi) is 4.38. The van der Waals surface area contributed by atoms with Gasteiger partial charge in [0.1, 0.15) is 5.75 Å². The van der Waals surface area contributed by atoms with Gasteiger partial charge in [0.25, 0.3) is 0 Å². The van der Waals surface area contributed by atoms with E-state index >= 15 is 0 Å². The largest absolute Gasteiger partial charge is 0.507 e. The number of hydrogen-bond donors (Lipinski definition) is 1. The predicted octanol–water partition coefficient (Wildman–Crippen LogP) is 4.33. The number of esters is 1. The molecule has 0 heterocycles. The van der Waals surface area contributed by atoms with Gasteiger partial charge in [-0.05, 0) is 74.5 Å². The van der Waals surface area contributed by atoms with Gasteiger partial charge in [-0.1, -0.05) is 15.9 Å². The number of aliphatic imine (C=N–C) groups is 1. The molecule has 0 aliphatic heterocycles. The minimum atomic E-state index is -0.464. The zero-order chi connectivity index (χ0) is 17.6. The highest BCUT2D eigenvalue weighted by atomic mass is 79.9. The maximum Gasteiger partial charge on any atom is 0.331 e. The fraction of sp³-hybridized carbons (Fsp3) is 0.600. The van der Waals surface area contributed by atoms with Gasteiger partial charge in [-0.3, -0.25) is 4.99 Å². The van der Waals surface area contributed by atoms with E-state index in [0.29, 0.717) is 5.56 Å². The van der Waals surface area contributed by atoms with Crippen molar-refractivity contribution in [2.24, 2.45) is 28.2 Å². The number of halogens is 1. The second kappa shape index (κ2) is 6.42. The Morgan fingerprint density at radius 1 is 1.28 bits per heavy atom. The second-order valence-corrected chi connectivity index (χ2v) is 9.10. The summed E-state index contributed by atoms with van der Waals surface area (Å²) in [4.78, 5) is 17.3. The number of carbonyl (C=O) groups is 1. The summed E-state index contributed by atoms with van der Waals surface area (Å²) in [7, 11) is 1.45. The molecule has 4 aliphatic rings. The lowest BCUT2D eigenvalue weighted by Gasteiger charge is -2.58. The molecule has 134 valence electrons. The third kappa shape index (κ3) is 3.12. The molecule has 4 saturated carbocycles. The molecular weight excluding hydrogens is 382 g/mol. The molecule has 0 amide bonds. The molecule has 25 heavy (non-hydrogen) atoms. The van der Waals surface area contributed by atoms with E-state index in [1.807, 2.05) is 6.07 Å². The fourth-order valence-electron chi connectivity index (χ4n) is 5.87. The minimum Gasteiger partial charge on any atom is -0.507 e. The van der Waals surface area contributed by atoms with Crippen LogP contribution >= 0.6 is 15.9 Å². The molecule has 4 bridgehead atoms. The van der Waals surface area contributed by atoms with Crippen molar-refractivity contribution >= 4 is 28.1 Å². The number of ether oxygens (including phenoxy) is 1. The Morgan fingerprint density at radius 2 is 1.88 bits per heavy atom. The second-order valence-electron chi connectivity index (χ2n) is 8.19. The molecule has 0 aromatic heterocycles. The van der Waals surface area contributed by atoms with E-state index < -0.39 is 6.04 Å². The van der Waals surface area contributed by atoms with Crippen molar-refractivity contribution in [1.82, 2.24) is 0 Å². The van der Waals surface area contributed by atoms with Crippen LogP contribution in [0.2, 0.25) is 0 Å². The Balaban J connectivity index is 1.65. The van der Waals surface area contributed by atoms with E-state index in [4.69, 9.17) is 4.74 Å². The molecular formula is C20H24BrNO3. The van der Waals surface area contributed by atoms with Crippen molar-refractivity contribution < 1.29 is 14.6 Å². The molecule has 0 spiro atoms. The van der Waals surface area contributed by atoms with E-state index in [-0.39, 0.29) is 17.1 Å². The zero-order valence-corrected chi connectivity index (χ0v) is 16.0. The van der Waals surface area contributed by atoms with Crippen molar-refractivity contribution in [2.75, 3.05) is 7.11 Å². The van der Waals surface area contributed by atoms with E-state index in [1.165, 1.54) is 26.4 Å². The molecule has 1 aromatic rings. The molecule has 0 saturated heterocycles. The number of carbonyl (C=O) groups excluding carboxylic acids is 1. The molecule has 4 fully saturated rings. The lowest BCUT2D eigenvalue weighted by atomic mass is 9.47. The highest BCUT2D eigenvalue weighted by molar-refractivity contribution is 9.10. The molecule has 1 N–H and O–H groups in total. The molecule has 5 rings (SSSR count). The summed E-state index contributed by atoms with van der Waals surface area (Å²) in [5.41, 5.74) is 0.574. The van der Waals surface area contributed by atoms with Crippen molar-refractivity contribution in [3.8, 4) is 5.75 Å². The lowest BCUT2D eigenvalue weighted by Crippen LogP contribution is -2.53. The summed E-state index contributed by atoms with van der Waals surface area (Å²) in [5, 5.41) is 10.1. The van der Waals surface area contributed by atoms with Crippen LogP contribution in [0.25, 0.3) is 0 Å². The first-order chi connectivity index (χ1) is 12.0. The summed E-state index contributed by atoms with van der Waals surface area (Å²) in [6, 6.07) is 4.84. The Bertz CT molecular complexity index is 680. The van der Waals surface area contributed by atoms with Crippen LogP contribution in [0.1, 0.15) is 44.1 Å². The smallest absolute Gasteiger partial charge is 0.331 e.